The molecule has 24 heteroatoms. The number of unbranched alkanes of at least 4 members (excludes halogenated alkanes) is 6. The fourth-order valence-electron chi connectivity index (χ4n) is 7.73. The predicted molar refractivity (Wildman–Crippen MR) is 236 cm³/mol. The number of aliphatic hydroxyl groups is 9. The van der Waals surface area contributed by atoms with Gasteiger partial charge in [0.05, 0.1) is 39.6 Å². The second-order valence-corrected chi connectivity index (χ2v) is 17.8. The molecule has 24 nitrogen and oxygen atoms in total. The van der Waals surface area contributed by atoms with Gasteiger partial charge in [0.25, 0.3) is 0 Å². The van der Waals surface area contributed by atoms with Gasteiger partial charge in [-0.25, -0.2) is 0 Å². The molecular weight excluding hydrogens is 906 g/mol. The number of rotatable bonds is 33. The summed E-state index contributed by atoms with van der Waals surface area (Å²) in [5.74, 6) is -2.45. The van der Waals surface area contributed by atoms with Crippen LogP contribution in [0.5, 0.6) is 0 Å². The Balaban J connectivity index is 1.42. The van der Waals surface area contributed by atoms with Gasteiger partial charge in [-0.1, -0.05) is 6.92 Å². The van der Waals surface area contributed by atoms with Crippen LogP contribution in [-0.2, 0) is 57.0 Å². The zero-order valence-electron chi connectivity index (χ0n) is 39.8. The minimum Gasteiger partial charge on any atom is -0.506 e. The van der Waals surface area contributed by atoms with Crippen molar-refractivity contribution in [3.05, 3.63) is 11.5 Å². The lowest BCUT2D eigenvalue weighted by Gasteiger charge is -2.42. The van der Waals surface area contributed by atoms with Crippen LogP contribution in [0.1, 0.15) is 85.5 Å². The van der Waals surface area contributed by atoms with Gasteiger partial charge in [-0.3, -0.25) is 14.4 Å². The van der Waals surface area contributed by atoms with Crippen LogP contribution in [0.2, 0.25) is 0 Å². The summed E-state index contributed by atoms with van der Waals surface area (Å²) in [6.07, 6.45) is -6.14. The van der Waals surface area contributed by atoms with Gasteiger partial charge in [-0.15, -0.1) is 0 Å². The molecule has 0 spiro atoms. The quantitative estimate of drug-likeness (QED) is 0.0318. The Kier molecular flexibility index (Phi) is 27.5. The van der Waals surface area contributed by atoms with E-state index in [1.165, 1.54) is 20.8 Å². The first-order valence-corrected chi connectivity index (χ1v) is 23.5. The largest absolute Gasteiger partial charge is 0.506 e. The Hall–Kier alpha value is -2.89. The summed E-state index contributed by atoms with van der Waals surface area (Å²) in [4.78, 5) is 35.1. The molecule has 0 saturated carbocycles. The molecule has 12 N–H and O–H groups in total. The van der Waals surface area contributed by atoms with E-state index in [0.717, 1.165) is 12.8 Å². The zero-order chi connectivity index (χ0) is 50.2. The maximum absolute atomic E-state index is 11.7. The normalized spacial score (nSPS) is 30.7. The summed E-state index contributed by atoms with van der Waals surface area (Å²) in [5, 5.41) is 98.1. The first-order valence-electron chi connectivity index (χ1n) is 23.5. The van der Waals surface area contributed by atoms with Crippen LogP contribution in [0, 0.1) is 5.41 Å². The SMILES string of the molecule is CC(=O)NC1C(O)=C(O)C(CO)O[C@H]1OCCCCCOCC(C)(COCCCCCO[C@@H]1OC(CO)[C@H](O)C(O)C1NC(C)=O)COCCCCCO[C@@H]1OC(CO)[C@H](O)C(O)C1NC(C)=O. The molecule has 0 aromatic carbocycles. The number of amides is 3. The van der Waals surface area contributed by atoms with Crippen molar-refractivity contribution in [2.75, 3.05) is 79.3 Å². The topological polar surface area (TPSA) is 352 Å². The molecule has 396 valence electrons. The summed E-state index contributed by atoms with van der Waals surface area (Å²) in [6.45, 7) is 7.06. The maximum atomic E-state index is 11.7. The predicted octanol–water partition coefficient (Wildman–Crippen LogP) is -1.96. The van der Waals surface area contributed by atoms with E-state index < -0.39 is 134 Å². The lowest BCUT2D eigenvalue weighted by Crippen LogP contribution is -2.64. The van der Waals surface area contributed by atoms with Gasteiger partial charge in [-0.2, -0.15) is 0 Å². The Bertz CT molecular complexity index is 1430. The van der Waals surface area contributed by atoms with Crippen LogP contribution < -0.4 is 16.0 Å². The van der Waals surface area contributed by atoms with E-state index in [-0.39, 0.29) is 19.8 Å². The number of hydrogen-bond acceptors (Lipinski definition) is 21. The van der Waals surface area contributed by atoms with Gasteiger partial charge in [0.2, 0.25) is 17.7 Å². The highest BCUT2D eigenvalue weighted by molar-refractivity contribution is 5.74. The molecule has 3 aliphatic rings. The third-order valence-electron chi connectivity index (χ3n) is 11.5. The summed E-state index contributed by atoms with van der Waals surface area (Å²) >= 11 is 0. The molecule has 0 bridgehead atoms. The second-order valence-electron chi connectivity index (χ2n) is 17.8. The molecule has 8 unspecified atom stereocenters. The second kappa shape index (κ2) is 31.4. The van der Waals surface area contributed by atoms with Crippen molar-refractivity contribution < 1.29 is 103 Å². The van der Waals surface area contributed by atoms with Gasteiger partial charge >= 0.3 is 0 Å². The van der Waals surface area contributed by atoms with Gasteiger partial charge < -0.3 is 105 Å². The Labute approximate surface area is 397 Å². The third kappa shape index (κ3) is 19.7. The lowest BCUT2D eigenvalue weighted by atomic mass is 9.94. The van der Waals surface area contributed by atoms with Crippen LogP contribution >= 0.6 is 0 Å². The molecule has 3 amide bonds. The molecule has 0 aliphatic carbocycles. The average molecular weight is 986 g/mol. The van der Waals surface area contributed by atoms with Crippen LogP contribution in [0.3, 0.4) is 0 Å². The maximum Gasteiger partial charge on any atom is 0.217 e. The molecule has 2 fully saturated rings. The standard InChI is InChI=1S/C44H79N3O21/c1-26(51)45-32-38(57)35(54)29(20-48)66-41(32)63-17-11-5-8-14-60-23-44(4,24-61-15-9-6-12-18-64-42-33(46-27(2)52)39(58)36(55)30(21-49)67-42)25-62-16-10-7-13-19-65-43-34(47-28(3)53)40(59)37(56)31(22-50)68-43/h29-36,38-39,41-43,48-50,54-59H,5-25H2,1-4H3,(H,45,51)(H,46,52)(H,47,53)/t29?,30?,31?,32?,33?,34?,35-,36-,38?,39?,41+,42+,43+,44?/m0/s1. The number of hydrogen-bond donors (Lipinski definition) is 12. The molecule has 3 aliphatic heterocycles. The molecule has 3 rings (SSSR count). The number of nitrogens with one attached hydrogen (secondary N) is 3. The smallest absolute Gasteiger partial charge is 0.217 e. The molecule has 3 heterocycles. The van der Waals surface area contributed by atoms with Crippen molar-refractivity contribution in [1.82, 2.24) is 16.0 Å². The van der Waals surface area contributed by atoms with E-state index in [0.29, 0.717) is 84.6 Å². The highest BCUT2D eigenvalue weighted by atomic mass is 16.7. The van der Waals surface area contributed by atoms with Gasteiger partial charge in [0.15, 0.2) is 30.4 Å². The highest BCUT2D eigenvalue weighted by Gasteiger charge is 2.47. The lowest BCUT2D eigenvalue weighted by molar-refractivity contribution is -0.270. The van der Waals surface area contributed by atoms with E-state index in [9.17, 15) is 60.3 Å². The first-order chi connectivity index (χ1) is 32.5. The van der Waals surface area contributed by atoms with Crippen molar-refractivity contribution in [2.45, 2.75) is 165 Å². The molecule has 0 aromatic rings. The molecular formula is C44H79N3O21. The highest BCUT2D eigenvalue weighted by Crippen LogP contribution is 2.26. The fourth-order valence-corrected chi connectivity index (χ4v) is 7.73. The zero-order valence-corrected chi connectivity index (χ0v) is 39.8. The van der Waals surface area contributed by atoms with Crippen molar-refractivity contribution in [1.29, 1.82) is 0 Å². The van der Waals surface area contributed by atoms with E-state index in [1.54, 1.807) is 0 Å². The Morgan fingerprint density at radius 2 is 0.868 bits per heavy atom. The van der Waals surface area contributed by atoms with E-state index in [4.69, 9.17) is 42.6 Å². The summed E-state index contributed by atoms with van der Waals surface area (Å²) in [7, 11) is 0. The van der Waals surface area contributed by atoms with Gasteiger partial charge in [0.1, 0.15) is 60.9 Å². The van der Waals surface area contributed by atoms with Crippen molar-refractivity contribution in [3.8, 4) is 0 Å². The molecule has 68 heavy (non-hydrogen) atoms. The van der Waals surface area contributed by atoms with Crippen molar-refractivity contribution in [3.63, 3.8) is 0 Å². The monoisotopic (exact) mass is 986 g/mol. The van der Waals surface area contributed by atoms with Gasteiger partial charge in [0, 0.05) is 65.8 Å². The van der Waals surface area contributed by atoms with E-state index in [1.807, 2.05) is 6.92 Å². The van der Waals surface area contributed by atoms with Crippen molar-refractivity contribution >= 4 is 17.7 Å². The van der Waals surface area contributed by atoms with E-state index in [2.05, 4.69) is 16.0 Å². The van der Waals surface area contributed by atoms with Crippen LogP contribution in [-0.4, -0.2) is 223 Å². The fraction of sp³-hybridized carbons (Fsp3) is 0.886. The van der Waals surface area contributed by atoms with Crippen LogP contribution in [0.15, 0.2) is 11.5 Å². The number of carbonyl (C=O) groups is 3. The van der Waals surface area contributed by atoms with Crippen LogP contribution in [0.4, 0.5) is 0 Å². The molecule has 0 radical (unpaired) electrons. The summed E-state index contributed by atoms with van der Waals surface area (Å²) in [6, 6.07) is -3.17. The molecule has 0 aromatic heterocycles. The number of carbonyl (C=O) groups excluding carboxylic acids is 3. The summed E-state index contributed by atoms with van der Waals surface area (Å²) in [5.41, 5.74) is -0.520. The minimum atomic E-state index is -1.40. The number of ether oxygens (including phenoxy) is 9. The van der Waals surface area contributed by atoms with E-state index >= 15 is 0 Å². The molecule has 2 saturated heterocycles. The average Bonchev–Trinajstić information content (AvgIpc) is 3.29. The van der Waals surface area contributed by atoms with Crippen molar-refractivity contribution in [2.24, 2.45) is 5.41 Å². The Morgan fingerprint density at radius 1 is 0.500 bits per heavy atom. The first kappa shape index (κ1) is 59.4. The summed E-state index contributed by atoms with van der Waals surface area (Å²) < 4.78 is 52.4. The number of aliphatic hydroxyl groups excluding tert-OH is 9. The Morgan fingerprint density at radius 3 is 1.22 bits per heavy atom. The minimum absolute atomic E-state index is 0.206. The van der Waals surface area contributed by atoms with Gasteiger partial charge in [-0.05, 0) is 57.8 Å². The molecule has 13 atom stereocenters. The third-order valence-corrected chi connectivity index (χ3v) is 11.5. The van der Waals surface area contributed by atoms with Crippen LogP contribution in [0.25, 0.3) is 0 Å².